The molecule has 0 radical (unpaired) electrons. The van der Waals surface area contributed by atoms with Crippen LogP contribution in [-0.4, -0.2) is 18.6 Å². The van der Waals surface area contributed by atoms with Gasteiger partial charge in [-0.2, -0.15) is 0 Å². The molecule has 1 aromatic carbocycles. The maximum atomic E-state index is 11.7. The van der Waals surface area contributed by atoms with E-state index in [9.17, 15) is 4.79 Å². The number of hydrogen-bond donors (Lipinski definition) is 2. The van der Waals surface area contributed by atoms with Gasteiger partial charge < -0.3 is 15.4 Å². The van der Waals surface area contributed by atoms with Crippen molar-refractivity contribution in [1.82, 2.24) is 0 Å². The lowest BCUT2D eigenvalue weighted by atomic mass is 10.1. The van der Waals surface area contributed by atoms with Crippen molar-refractivity contribution in [2.24, 2.45) is 5.92 Å². The van der Waals surface area contributed by atoms with Crippen LogP contribution in [0.2, 0.25) is 0 Å². The van der Waals surface area contributed by atoms with Crippen molar-refractivity contribution < 1.29 is 9.53 Å². The average molecular weight is 272 g/mol. The van der Waals surface area contributed by atoms with E-state index in [2.05, 4.69) is 10.6 Å². The SMILES string of the molecule is O=C(Nc1cccc(NCC2CCC=CO2)c1)C1CC1. The molecule has 2 aliphatic rings. The number of anilines is 2. The van der Waals surface area contributed by atoms with Crippen LogP contribution in [0.15, 0.2) is 36.6 Å². The van der Waals surface area contributed by atoms with E-state index in [0.717, 1.165) is 43.6 Å². The molecule has 106 valence electrons. The molecule has 1 amide bonds. The molecule has 0 aromatic heterocycles. The highest BCUT2D eigenvalue weighted by molar-refractivity contribution is 5.94. The maximum absolute atomic E-state index is 11.7. The number of amides is 1. The van der Waals surface area contributed by atoms with Gasteiger partial charge >= 0.3 is 0 Å². The number of benzene rings is 1. The van der Waals surface area contributed by atoms with Gasteiger partial charge in [-0.1, -0.05) is 6.07 Å². The fraction of sp³-hybridized carbons (Fsp3) is 0.438. The summed E-state index contributed by atoms with van der Waals surface area (Å²) in [5.41, 5.74) is 1.87. The van der Waals surface area contributed by atoms with Gasteiger partial charge in [-0.15, -0.1) is 0 Å². The second kappa shape index (κ2) is 5.99. The number of rotatable bonds is 5. The Balaban J connectivity index is 1.53. The molecule has 1 aliphatic carbocycles. The zero-order valence-corrected chi connectivity index (χ0v) is 11.5. The lowest BCUT2D eigenvalue weighted by molar-refractivity contribution is -0.117. The molecule has 20 heavy (non-hydrogen) atoms. The zero-order valence-electron chi connectivity index (χ0n) is 11.5. The predicted molar refractivity (Wildman–Crippen MR) is 79.5 cm³/mol. The van der Waals surface area contributed by atoms with Gasteiger partial charge in [0.05, 0.1) is 12.8 Å². The smallest absolute Gasteiger partial charge is 0.227 e. The van der Waals surface area contributed by atoms with Crippen LogP contribution in [-0.2, 0) is 9.53 Å². The van der Waals surface area contributed by atoms with Gasteiger partial charge in [0.25, 0.3) is 0 Å². The summed E-state index contributed by atoms with van der Waals surface area (Å²) in [7, 11) is 0. The van der Waals surface area contributed by atoms with Crippen molar-refractivity contribution in [3.63, 3.8) is 0 Å². The van der Waals surface area contributed by atoms with Gasteiger partial charge in [0.1, 0.15) is 6.10 Å². The fourth-order valence-corrected chi connectivity index (χ4v) is 2.26. The highest BCUT2D eigenvalue weighted by Gasteiger charge is 2.29. The van der Waals surface area contributed by atoms with E-state index < -0.39 is 0 Å². The minimum Gasteiger partial charge on any atom is -0.497 e. The van der Waals surface area contributed by atoms with Crippen molar-refractivity contribution in [3.8, 4) is 0 Å². The Kier molecular flexibility index (Phi) is 3.90. The summed E-state index contributed by atoms with van der Waals surface area (Å²) in [5, 5.41) is 6.32. The lowest BCUT2D eigenvalue weighted by Gasteiger charge is -2.20. The number of nitrogens with one attached hydrogen (secondary N) is 2. The molecule has 0 bridgehead atoms. The average Bonchev–Trinajstić information content (AvgIpc) is 3.31. The highest BCUT2D eigenvalue weighted by atomic mass is 16.5. The molecule has 3 rings (SSSR count). The van der Waals surface area contributed by atoms with E-state index in [0.29, 0.717) is 0 Å². The molecule has 0 spiro atoms. The van der Waals surface area contributed by atoms with Crippen molar-refractivity contribution in [1.29, 1.82) is 0 Å². The van der Waals surface area contributed by atoms with Gasteiger partial charge in [0.2, 0.25) is 5.91 Å². The third kappa shape index (κ3) is 3.53. The summed E-state index contributed by atoms with van der Waals surface area (Å²) >= 11 is 0. The van der Waals surface area contributed by atoms with Gasteiger partial charge in [0, 0.05) is 17.3 Å². The van der Waals surface area contributed by atoms with Crippen LogP contribution >= 0.6 is 0 Å². The zero-order chi connectivity index (χ0) is 13.8. The molecule has 4 heteroatoms. The largest absolute Gasteiger partial charge is 0.497 e. The number of allylic oxidation sites excluding steroid dienone is 1. The van der Waals surface area contributed by atoms with Crippen LogP contribution in [0.4, 0.5) is 11.4 Å². The second-order valence-corrected chi connectivity index (χ2v) is 5.43. The number of ether oxygens (including phenoxy) is 1. The number of carbonyl (C=O) groups is 1. The molecular weight excluding hydrogens is 252 g/mol. The molecule has 1 aromatic rings. The molecule has 4 nitrogen and oxygen atoms in total. The maximum Gasteiger partial charge on any atom is 0.227 e. The molecule has 1 heterocycles. The Labute approximate surface area is 119 Å². The van der Waals surface area contributed by atoms with Crippen LogP contribution in [0.3, 0.4) is 0 Å². The fourth-order valence-electron chi connectivity index (χ4n) is 2.26. The van der Waals surface area contributed by atoms with E-state index in [1.54, 1.807) is 6.26 Å². The van der Waals surface area contributed by atoms with Crippen LogP contribution in [0.25, 0.3) is 0 Å². The van der Waals surface area contributed by atoms with Gasteiger partial charge in [-0.05, 0) is 50.0 Å². The monoisotopic (exact) mass is 272 g/mol. The standard InChI is InChI=1S/C16H20N2O2/c19-16(12-7-8-12)18-14-5-3-4-13(10-14)17-11-15-6-1-2-9-20-15/h2-5,9-10,12,15,17H,1,6-8,11H2,(H,18,19). The molecule has 0 saturated heterocycles. The van der Waals surface area contributed by atoms with E-state index in [-0.39, 0.29) is 17.9 Å². The number of hydrogen-bond acceptors (Lipinski definition) is 3. The molecule has 1 unspecified atom stereocenters. The third-order valence-corrected chi connectivity index (χ3v) is 3.63. The van der Waals surface area contributed by atoms with Gasteiger partial charge in [-0.25, -0.2) is 0 Å². The van der Waals surface area contributed by atoms with Gasteiger partial charge in [0.15, 0.2) is 0 Å². The third-order valence-electron chi connectivity index (χ3n) is 3.63. The Morgan fingerprint density at radius 1 is 1.25 bits per heavy atom. The van der Waals surface area contributed by atoms with Gasteiger partial charge in [-0.3, -0.25) is 4.79 Å². The molecule has 1 saturated carbocycles. The minimum atomic E-state index is 0.142. The molecular formula is C16H20N2O2. The summed E-state index contributed by atoms with van der Waals surface area (Å²) < 4.78 is 5.52. The molecule has 1 atom stereocenters. The predicted octanol–water partition coefficient (Wildman–Crippen LogP) is 3.14. The summed E-state index contributed by atoms with van der Waals surface area (Å²) in [5.74, 6) is 0.372. The first-order valence-corrected chi connectivity index (χ1v) is 7.26. The van der Waals surface area contributed by atoms with Crippen molar-refractivity contribution >= 4 is 17.3 Å². The molecule has 1 fully saturated rings. The Morgan fingerprint density at radius 2 is 2.10 bits per heavy atom. The summed E-state index contributed by atoms with van der Waals surface area (Å²) in [4.78, 5) is 11.7. The quantitative estimate of drug-likeness (QED) is 0.865. The van der Waals surface area contributed by atoms with E-state index in [1.807, 2.05) is 30.3 Å². The number of carbonyl (C=O) groups excluding carboxylic acids is 1. The second-order valence-electron chi connectivity index (χ2n) is 5.43. The van der Waals surface area contributed by atoms with Crippen LogP contribution in [0, 0.1) is 5.92 Å². The van der Waals surface area contributed by atoms with Crippen molar-refractivity contribution in [2.45, 2.75) is 31.8 Å². The van der Waals surface area contributed by atoms with E-state index in [1.165, 1.54) is 0 Å². The first-order valence-electron chi connectivity index (χ1n) is 7.26. The van der Waals surface area contributed by atoms with Crippen molar-refractivity contribution in [2.75, 3.05) is 17.2 Å². The Hall–Kier alpha value is -1.97. The Bertz CT molecular complexity index is 509. The first-order chi connectivity index (χ1) is 9.81. The van der Waals surface area contributed by atoms with E-state index in [4.69, 9.17) is 4.74 Å². The normalized spacial score (nSPS) is 21.1. The first kappa shape index (κ1) is 13.0. The highest BCUT2D eigenvalue weighted by Crippen LogP contribution is 2.30. The lowest BCUT2D eigenvalue weighted by Crippen LogP contribution is -2.23. The van der Waals surface area contributed by atoms with Crippen LogP contribution < -0.4 is 10.6 Å². The topological polar surface area (TPSA) is 50.4 Å². The van der Waals surface area contributed by atoms with E-state index >= 15 is 0 Å². The van der Waals surface area contributed by atoms with Crippen LogP contribution in [0.1, 0.15) is 25.7 Å². The molecule has 1 aliphatic heterocycles. The summed E-state index contributed by atoms with van der Waals surface area (Å²) in [6, 6.07) is 7.85. The summed E-state index contributed by atoms with van der Waals surface area (Å²) in [6.45, 7) is 0.782. The molecule has 2 N–H and O–H groups in total. The van der Waals surface area contributed by atoms with Crippen molar-refractivity contribution in [3.05, 3.63) is 36.6 Å². The van der Waals surface area contributed by atoms with Crippen LogP contribution in [0.5, 0.6) is 0 Å². The Morgan fingerprint density at radius 3 is 2.85 bits per heavy atom. The summed E-state index contributed by atoms with van der Waals surface area (Å²) in [6.07, 6.45) is 8.22. The minimum absolute atomic E-state index is 0.142.